The number of amides is 7. The summed E-state index contributed by atoms with van der Waals surface area (Å²) in [4.78, 5) is 132. The molecule has 25 nitrogen and oxygen atoms in total. The second-order valence-corrected chi connectivity index (χ2v) is 15.9. The van der Waals surface area contributed by atoms with Gasteiger partial charge in [0, 0.05) is 38.1 Å². The lowest BCUT2D eigenvalue weighted by Gasteiger charge is -2.23. The molecule has 0 heterocycles. The molecule has 0 aliphatic heterocycles. The summed E-state index contributed by atoms with van der Waals surface area (Å²) >= 11 is 0. The highest BCUT2D eigenvalue weighted by molar-refractivity contribution is 8.76. The molecule has 0 fully saturated rings. The normalized spacial score (nSPS) is 13.0. The molecule has 5 atom stereocenters. The van der Waals surface area contributed by atoms with Gasteiger partial charge >= 0.3 is 47.9 Å². The molecule has 0 unspecified atom stereocenters. The van der Waals surface area contributed by atoms with Crippen LogP contribution in [0.1, 0.15) is 56.1 Å². The molecule has 1 rings (SSSR count). The minimum atomic E-state index is -1.83. The predicted octanol–water partition coefficient (Wildman–Crippen LogP) is -1.21. The number of nitrogens with one attached hydrogen (secondary N) is 7. The molecule has 1 aromatic rings. The zero-order valence-corrected chi connectivity index (χ0v) is 35.4. The maximum absolute atomic E-state index is 13.1. The van der Waals surface area contributed by atoms with Crippen molar-refractivity contribution >= 4 is 87.2 Å². The van der Waals surface area contributed by atoms with Crippen LogP contribution in [0.15, 0.2) is 24.3 Å². The molecule has 0 saturated carbocycles. The molecule has 0 aromatic heterocycles. The number of aliphatic carboxylic acids is 6. The third-order valence-electron chi connectivity index (χ3n) is 8.25. The topological polar surface area (TPSA) is 403 Å². The average molecular weight is 934 g/mol. The Hall–Kier alpha value is -6.35. The number of hydrogen-bond donors (Lipinski definition) is 13. The molecule has 63 heavy (non-hydrogen) atoms. The Morgan fingerprint density at radius 3 is 1.62 bits per heavy atom. The van der Waals surface area contributed by atoms with E-state index in [1.165, 1.54) is 30.0 Å². The summed E-state index contributed by atoms with van der Waals surface area (Å²) in [6.45, 7) is 0.538. The number of carboxylic acid groups (broad SMARTS) is 6. The van der Waals surface area contributed by atoms with Crippen molar-refractivity contribution in [1.82, 2.24) is 37.2 Å². The number of unbranched alkanes of at least 4 members (excludes halogenated alkanes) is 1. The van der Waals surface area contributed by atoms with Crippen LogP contribution >= 0.6 is 21.6 Å². The Bertz CT molecular complexity index is 1770. The smallest absolute Gasteiger partial charge is 0.327 e. The second kappa shape index (κ2) is 29.8. The fourth-order valence-electron chi connectivity index (χ4n) is 5.05. The molecule has 27 heteroatoms. The van der Waals surface area contributed by atoms with E-state index in [4.69, 9.17) is 14.9 Å². The van der Waals surface area contributed by atoms with Gasteiger partial charge in [-0.2, -0.15) is 0 Å². The Morgan fingerprint density at radius 1 is 0.571 bits per heavy atom. The highest BCUT2D eigenvalue weighted by atomic mass is 33.1. The zero-order chi connectivity index (χ0) is 47.5. The van der Waals surface area contributed by atoms with Crippen molar-refractivity contribution in [2.75, 3.05) is 31.8 Å². The highest BCUT2D eigenvalue weighted by Gasteiger charge is 2.32. The first-order valence-electron chi connectivity index (χ1n) is 18.9. The van der Waals surface area contributed by atoms with Crippen LogP contribution in [0, 0.1) is 0 Å². The van der Waals surface area contributed by atoms with Gasteiger partial charge in [0.05, 0.1) is 25.9 Å². The highest BCUT2D eigenvalue weighted by Crippen LogP contribution is 2.21. The van der Waals surface area contributed by atoms with Crippen LogP contribution in [-0.4, -0.2) is 158 Å². The van der Waals surface area contributed by atoms with Gasteiger partial charge in [0.25, 0.3) is 0 Å². The van der Waals surface area contributed by atoms with Crippen molar-refractivity contribution in [1.29, 1.82) is 0 Å². The van der Waals surface area contributed by atoms with Gasteiger partial charge in [-0.15, -0.1) is 0 Å². The van der Waals surface area contributed by atoms with Crippen molar-refractivity contribution in [3.8, 4) is 0 Å². The molecule has 0 aliphatic carbocycles. The third-order valence-corrected chi connectivity index (χ3v) is 10.6. The van der Waals surface area contributed by atoms with Gasteiger partial charge in [0.2, 0.25) is 17.7 Å². The molecule has 0 spiro atoms. The maximum atomic E-state index is 13.1. The molecule has 350 valence electrons. The average Bonchev–Trinajstić information content (AvgIpc) is 3.19. The van der Waals surface area contributed by atoms with E-state index in [0.717, 1.165) is 10.8 Å². The molecule has 1 aromatic carbocycles. The summed E-state index contributed by atoms with van der Waals surface area (Å²) in [7, 11) is 3.86. The number of benzene rings is 1. The Labute approximate surface area is 367 Å². The molecular weight excluding hydrogens is 883 g/mol. The van der Waals surface area contributed by atoms with Crippen LogP contribution in [-0.2, 0) is 60.9 Å². The monoisotopic (exact) mass is 933 g/mol. The number of carboxylic acids is 6. The van der Waals surface area contributed by atoms with Gasteiger partial charge in [0.15, 0.2) is 0 Å². The first-order valence-corrected chi connectivity index (χ1v) is 21.3. The van der Waals surface area contributed by atoms with E-state index in [-0.39, 0.29) is 38.1 Å². The largest absolute Gasteiger partial charge is 0.481 e. The van der Waals surface area contributed by atoms with Crippen LogP contribution in [0.25, 0.3) is 0 Å². The second-order valence-electron chi connectivity index (χ2n) is 13.3. The fourth-order valence-corrected chi connectivity index (χ4v) is 7.11. The molecular formula is C36H51N7O18S2. The minimum Gasteiger partial charge on any atom is -0.481 e. The maximum Gasteiger partial charge on any atom is 0.327 e. The van der Waals surface area contributed by atoms with Crippen LogP contribution in [0.4, 0.5) is 9.59 Å². The molecule has 7 amide bonds. The summed E-state index contributed by atoms with van der Waals surface area (Å²) in [5, 5.41) is 71.4. The van der Waals surface area contributed by atoms with Gasteiger partial charge in [-0.3, -0.25) is 28.8 Å². The number of urea groups is 2. The van der Waals surface area contributed by atoms with E-state index in [2.05, 4.69) is 31.9 Å². The van der Waals surface area contributed by atoms with Crippen molar-refractivity contribution in [2.24, 2.45) is 0 Å². The van der Waals surface area contributed by atoms with Crippen LogP contribution < -0.4 is 37.2 Å². The SMILES string of the molecule is COCCSSC[C@H](NC(=O)[C@H](CC(=O)O)NC(=O)[C@H](CC(=O)O)NC(=O)Cc1ccc(CNC(=O)NCCCC[C@H](NC(=O)N[C@@H](CCC(=O)O)C(=O)O)C(=O)O)cc1)C(=O)O. The summed E-state index contributed by atoms with van der Waals surface area (Å²) < 4.78 is 4.90. The molecule has 0 saturated heterocycles. The van der Waals surface area contributed by atoms with E-state index < -0.39 is 121 Å². The van der Waals surface area contributed by atoms with E-state index in [1.54, 1.807) is 12.1 Å². The van der Waals surface area contributed by atoms with Gasteiger partial charge in [0.1, 0.15) is 30.2 Å². The number of carbonyl (C=O) groups excluding carboxylic acids is 5. The standard InChI is InChI=1S/C36H51N7O18S2/c1-61-12-13-62-63-18-25(34(57)58)41-31(52)24(16-29(49)50)40-30(51)23(15-28(47)48)39-26(44)14-19-5-7-20(8-6-19)17-38-35(59)37-11-3-2-4-21(32(53)54)42-36(60)43-22(33(55)56)9-10-27(45)46/h5-8,21-25H,2-4,9-18H2,1H3,(H,39,44)(H,40,51)(H,41,52)(H,45,46)(H,47,48)(H,49,50)(H,53,54)(H,55,56)(H,57,58)(H2,37,38,59)(H2,42,43,60)/t21-,22-,23-,24-,25-/m0/s1. The molecule has 13 N–H and O–H groups in total. The predicted molar refractivity (Wildman–Crippen MR) is 220 cm³/mol. The number of methoxy groups -OCH3 is 1. The number of ether oxygens (including phenoxy) is 1. The summed E-state index contributed by atoms with van der Waals surface area (Å²) in [5.74, 6) is -11.5. The molecule has 0 radical (unpaired) electrons. The molecule has 0 aliphatic rings. The Morgan fingerprint density at radius 2 is 1.10 bits per heavy atom. The van der Waals surface area contributed by atoms with Crippen LogP contribution in [0.5, 0.6) is 0 Å². The zero-order valence-electron chi connectivity index (χ0n) is 33.8. The number of hydrogen-bond acceptors (Lipinski definition) is 14. The van der Waals surface area contributed by atoms with Gasteiger partial charge < -0.3 is 72.6 Å². The fraction of sp³-hybridized carbons (Fsp3) is 0.528. The quantitative estimate of drug-likeness (QED) is 0.0298. The first kappa shape index (κ1) is 54.7. The lowest BCUT2D eigenvalue weighted by atomic mass is 10.1. The van der Waals surface area contributed by atoms with E-state index in [9.17, 15) is 73.2 Å². The summed E-state index contributed by atoms with van der Waals surface area (Å²) in [6, 6.07) is -3.52. The van der Waals surface area contributed by atoms with Crippen molar-refractivity contribution in [3.05, 3.63) is 35.4 Å². The minimum absolute atomic E-state index is 0.0353. The van der Waals surface area contributed by atoms with Gasteiger partial charge in [-0.1, -0.05) is 45.9 Å². The molecule has 0 bridgehead atoms. The lowest BCUT2D eigenvalue weighted by Crippen LogP contribution is -2.57. The Kier molecular flexibility index (Phi) is 25.9. The summed E-state index contributed by atoms with van der Waals surface area (Å²) in [5.41, 5.74) is 0.998. The number of carbonyl (C=O) groups is 11. The summed E-state index contributed by atoms with van der Waals surface area (Å²) in [6.07, 6.45) is -2.81. The van der Waals surface area contributed by atoms with Crippen LogP contribution in [0.3, 0.4) is 0 Å². The first-order chi connectivity index (χ1) is 29.7. The lowest BCUT2D eigenvalue weighted by molar-refractivity contribution is -0.144. The Balaban J connectivity index is 2.67. The van der Waals surface area contributed by atoms with Crippen LogP contribution in [0.2, 0.25) is 0 Å². The number of rotatable bonds is 32. The van der Waals surface area contributed by atoms with E-state index in [0.29, 0.717) is 29.9 Å². The van der Waals surface area contributed by atoms with Crippen molar-refractivity contribution in [2.45, 2.75) is 88.1 Å². The van der Waals surface area contributed by atoms with Crippen molar-refractivity contribution < 1.29 is 88.1 Å². The van der Waals surface area contributed by atoms with Gasteiger partial charge in [-0.25, -0.2) is 24.0 Å². The van der Waals surface area contributed by atoms with Gasteiger partial charge in [-0.05, 0) is 36.8 Å². The van der Waals surface area contributed by atoms with E-state index >= 15 is 0 Å². The van der Waals surface area contributed by atoms with E-state index in [1.807, 2.05) is 5.32 Å². The third kappa shape index (κ3) is 24.6. The van der Waals surface area contributed by atoms with Crippen molar-refractivity contribution in [3.63, 3.8) is 0 Å².